The van der Waals surface area contributed by atoms with Crippen LogP contribution in [-0.4, -0.2) is 54.3 Å². The fourth-order valence-electron chi connectivity index (χ4n) is 1.81. The topological polar surface area (TPSA) is 39.6 Å². The van der Waals surface area contributed by atoms with Crippen LogP contribution in [0.4, 0.5) is 5.13 Å². The number of hydrogen-bond acceptors (Lipinski definition) is 5. The molecule has 1 aliphatic heterocycles. The van der Waals surface area contributed by atoms with Gasteiger partial charge in [-0.25, -0.2) is 4.98 Å². The van der Waals surface area contributed by atoms with E-state index in [2.05, 4.69) is 14.8 Å². The molecule has 1 fully saturated rings. The van der Waals surface area contributed by atoms with Gasteiger partial charge in [0.2, 0.25) is 0 Å². The van der Waals surface area contributed by atoms with Crippen LogP contribution in [0.1, 0.15) is 5.69 Å². The molecule has 6 heteroatoms. The van der Waals surface area contributed by atoms with Crippen molar-refractivity contribution in [2.24, 2.45) is 0 Å². The first-order valence-electron chi connectivity index (χ1n) is 5.42. The van der Waals surface area contributed by atoms with E-state index in [-0.39, 0.29) is 6.61 Å². The number of aliphatic hydroxyl groups excluding tert-OH is 1. The maximum Gasteiger partial charge on any atom is 0.185 e. The fourth-order valence-corrected chi connectivity index (χ4v) is 2.91. The Hall–Kier alpha value is -0.360. The number of β-amino-alcohol motifs (C(OH)–C–C–N with tert-alkyl or cyclic N) is 1. The van der Waals surface area contributed by atoms with E-state index in [1.807, 2.05) is 5.38 Å². The molecule has 90 valence electrons. The molecular weight excluding hydrogens is 246 g/mol. The average molecular weight is 262 g/mol. The summed E-state index contributed by atoms with van der Waals surface area (Å²) in [5.41, 5.74) is 0.958. The van der Waals surface area contributed by atoms with Crippen LogP contribution in [0.25, 0.3) is 0 Å². The van der Waals surface area contributed by atoms with Gasteiger partial charge in [0.1, 0.15) is 0 Å². The smallest absolute Gasteiger partial charge is 0.185 e. The van der Waals surface area contributed by atoms with Crippen LogP contribution in [0.2, 0.25) is 0 Å². The lowest BCUT2D eigenvalue weighted by atomic mass is 10.3. The monoisotopic (exact) mass is 261 g/mol. The minimum atomic E-state index is 0.244. The molecule has 0 spiro atoms. The van der Waals surface area contributed by atoms with Crippen molar-refractivity contribution >= 4 is 28.1 Å². The van der Waals surface area contributed by atoms with Crippen molar-refractivity contribution < 1.29 is 5.11 Å². The van der Waals surface area contributed by atoms with Crippen molar-refractivity contribution in [3.05, 3.63) is 11.1 Å². The molecule has 4 nitrogen and oxygen atoms in total. The van der Waals surface area contributed by atoms with Crippen molar-refractivity contribution in [3.63, 3.8) is 0 Å². The van der Waals surface area contributed by atoms with E-state index in [1.54, 1.807) is 11.3 Å². The highest BCUT2D eigenvalue weighted by Crippen LogP contribution is 2.22. The quantitative estimate of drug-likeness (QED) is 0.821. The number of rotatable bonds is 4. The van der Waals surface area contributed by atoms with Crippen LogP contribution in [0, 0.1) is 0 Å². The summed E-state index contributed by atoms with van der Waals surface area (Å²) < 4.78 is 0. The van der Waals surface area contributed by atoms with Crippen molar-refractivity contribution in [3.8, 4) is 0 Å². The van der Waals surface area contributed by atoms with Gasteiger partial charge < -0.3 is 10.0 Å². The molecule has 2 rings (SSSR count). The highest BCUT2D eigenvalue weighted by Gasteiger charge is 2.18. The van der Waals surface area contributed by atoms with Crippen LogP contribution in [0.5, 0.6) is 0 Å². The molecule has 1 aliphatic rings. The lowest BCUT2D eigenvalue weighted by Crippen LogP contribution is -2.47. The number of alkyl halides is 1. The molecule has 1 aromatic rings. The first-order valence-corrected chi connectivity index (χ1v) is 6.83. The number of aromatic nitrogens is 1. The van der Waals surface area contributed by atoms with Crippen molar-refractivity contribution in [1.29, 1.82) is 0 Å². The van der Waals surface area contributed by atoms with Gasteiger partial charge in [-0.15, -0.1) is 22.9 Å². The second-order valence-electron chi connectivity index (χ2n) is 3.81. The van der Waals surface area contributed by atoms with Crippen LogP contribution in [0.15, 0.2) is 5.38 Å². The standard InChI is InChI=1S/C10H16ClN3OS/c11-7-9-8-16-10(12-9)14-3-1-13(2-4-14)5-6-15/h8,15H,1-7H2. The van der Waals surface area contributed by atoms with Crippen LogP contribution in [-0.2, 0) is 5.88 Å². The summed E-state index contributed by atoms with van der Waals surface area (Å²) in [6, 6.07) is 0. The van der Waals surface area contributed by atoms with Gasteiger partial charge in [-0.05, 0) is 0 Å². The summed E-state index contributed by atoms with van der Waals surface area (Å²) in [7, 11) is 0. The first-order chi connectivity index (χ1) is 7.83. The summed E-state index contributed by atoms with van der Waals surface area (Å²) in [5, 5.41) is 11.9. The summed E-state index contributed by atoms with van der Waals surface area (Å²) >= 11 is 7.39. The predicted octanol–water partition coefficient (Wildman–Crippen LogP) is 0.996. The zero-order chi connectivity index (χ0) is 11.4. The number of anilines is 1. The first kappa shape index (κ1) is 12.1. The van der Waals surface area contributed by atoms with E-state index in [0.717, 1.165) is 43.5 Å². The zero-order valence-corrected chi connectivity index (χ0v) is 10.7. The van der Waals surface area contributed by atoms with E-state index in [9.17, 15) is 0 Å². The highest BCUT2D eigenvalue weighted by atomic mass is 35.5. The number of thiazole rings is 1. The van der Waals surface area contributed by atoms with Gasteiger partial charge in [-0.1, -0.05) is 0 Å². The van der Waals surface area contributed by atoms with E-state index in [0.29, 0.717) is 5.88 Å². The molecule has 0 amide bonds. The maximum atomic E-state index is 8.86. The summed E-state index contributed by atoms with van der Waals surface area (Å²) in [5.74, 6) is 0.487. The van der Waals surface area contributed by atoms with E-state index in [1.165, 1.54) is 0 Å². The number of piperazine rings is 1. The maximum absolute atomic E-state index is 8.86. The molecule has 0 aliphatic carbocycles. The lowest BCUT2D eigenvalue weighted by molar-refractivity contribution is 0.189. The lowest BCUT2D eigenvalue weighted by Gasteiger charge is -2.34. The van der Waals surface area contributed by atoms with Crippen LogP contribution in [0.3, 0.4) is 0 Å². The number of aliphatic hydroxyl groups is 1. The van der Waals surface area contributed by atoms with Gasteiger partial charge in [0.05, 0.1) is 18.2 Å². The third kappa shape index (κ3) is 2.85. The summed E-state index contributed by atoms with van der Waals surface area (Å²) in [4.78, 5) is 9.02. The number of nitrogens with zero attached hydrogens (tertiary/aromatic N) is 3. The van der Waals surface area contributed by atoms with Crippen molar-refractivity contribution in [2.45, 2.75) is 5.88 Å². The Labute approximate surface area is 104 Å². The Bertz CT molecular complexity index is 326. The fraction of sp³-hybridized carbons (Fsp3) is 0.700. The Morgan fingerprint density at radius 2 is 2.12 bits per heavy atom. The Morgan fingerprint density at radius 1 is 1.38 bits per heavy atom. The predicted molar refractivity (Wildman–Crippen MR) is 67.4 cm³/mol. The third-order valence-corrected chi connectivity index (χ3v) is 3.96. The van der Waals surface area contributed by atoms with Gasteiger partial charge in [0.25, 0.3) is 0 Å². The molecule has 1 saturated heterocycles. The van der Waals surface area contributed by atoms with Gasteiger partial charge in [-0.3, -0.25) is 4.90 Å². The Balaban J connectivity index is 1.88. The van der Waals surface area contributed by atoms with E-state index >= 15 is 0 Å². The molecule has 0 saturated carbocycles. The van der Waals surface area contributed by atoms with Gasteiger partial charge >= 0.3 is 0 Å². The molecule has 0 aromatic carbocycles. The molecule has 1 aromatic heterocycles. The van der Waals surface area contributed by atoms with Crippen molar-refractivity contribution in [1.82, 2.24) is 9.88 Å². The van der Waals surface area contributed by atoms with Gasteiger partial charge in [-0.2, -0.15) is 0 Å². The van der Waals surface area contributed by atoms with Crippen LogP contribution >= 0.6 is 22.9 Å². The third-order valence-electron chi connectivity index (χ3n) is 2.74. The zero-order valence-electron chi connectivity index (χ0n) is 9.10. The van der Waals surface area contributed by atoms with Crippen molar-refractivity contribution in [2.75, 3.05) is 44.2 Å². The Kier molecular flexibility index (Phi) is 4.40. The second-order valence-corrected chi connectivity index (χ2v) is 4.91. The van der Waals surface area contributed by atoms with Gasteiger partial charge in [0, 0.05) is 38.1 Å². The summed E-state index contributed by atoms with van der Waals surface area (Å²) in [6.07, 6.45) is 0. The SMILES string of the molecule is OCCN1CCN(c2nc(CCl)cs2)CC1. The molecule has 0 bridgehead atoms. The largest absolute Gasteiger partial charge is 0.395 e. The second kappa shape index (κ2) is 5.82. The Morgan fingerprint density at radius 3 is 2.69 bits per heavy atom. The molecule has 0 unspecified atom stereocenters. The van der Waals surface area contributed by atoms with E-state index < -0.39 is 0 Å². The molecule has 16 heavy (non-hydrogen) atoms. The summed E-state index contributed by atoms with van der Waals surface area (Å²) in [6.45, 7) is 4.98. The minimum absolute atomic E-state index is 0.244. The van der Waals surface area contributed by atoms with E-state index in [4.69, 9.17) is 16.7 Å². The van der Waals surface area contributed by atoms with Crippen LogP contribution < -0.4 is 4.90 Å². The molecule has 0 radical (unpaired) electrons. The number of halogens is 1. The molecule has 2 heterocycles. The molecule has 1 N–H and O–H groups in total. The normalized spacial score (nSPS) is 18.0. The minimum Gasteiger partial charge on any atom is -0.395 e. The molecular formula is C10H16ClN3OS. The molecule has 0 atom stereocenters. The average Bonchev–Trinajstić information content (AvgIpc) is 2.79. The number of hydrogen-bond donors (Lipinski definition) is 1. The van der Waals surface area contributed by atoms with Gasteiger partial charge in [0.15, 0.2) is 5.13 Å². The highest BCUT2D eigenvalue weighted by molar-refractivity contribution is 7.13.